The minimum absolute atomic E-state index is 0.00303. The Labute approximate surface area is 136 Å². The highest BCUT2D eigenvalue weighted by Crippen LogP contribution is 2.24. The van der Waals surface area contributed by atoms with Crippen LogP contribution in [0.25, 0.3) is 0 Å². The molecule has 2 fully saturated rings. The lowest BCUT2D eigenvalue weighted by molar-refractivity contribution is -0.134. The fraction of sp³-hybridized carbons (Fsp3) is 0.500. The van der Waals surface area contributed by atoms with Crippen LogP contribution in [0.5, 0.6) is 0 Å². The number of benzene rings is 1. The van der Waals surface area contributed by atoms with Gasteiger partial charge in [0.1, 0.15) is 6.04 Å². The lowest BCUT2D eigenvalue weighted by Gasteiger charge is -2.26. The predicted molar refractivity (Wildman–Crippen MR) is 86.1 cm³/mol. The first-order valence-corrected chi connectivity index (χ1v) is 8.18. The number of Topliss-reactive ketones (excluding diaryl/α,β-unsaturated/α-hetero) is 1. The molecule has 5 heteroatoms. The summed E-state index contributed by atoms with van der Waals surface area (Å²) >= 11 is 0. The highest BCUT2D eigenvalue weighted by Gasteiger charge is 2.39. The largest absolute Gasteiger partial charge is 0.344 e. The Morgan fingerprint density at radius 2 is 1.96 bits per heavy atom. The number of aryl methyl sites for hydroxylation is 2. The Morgan fingerprint density at radius 1 is 1.17 bits per heavy atom. The van der Waals surface area contributed by atoms with E-state index in [-0.39, 0.29) is 17.6 Å². The number of likely N-dealkylation sites (tertiary alicyclic amines) is 1. The molecular formula is C18H22N2O3. The molecule has 3 rings (SSSR count). The Hall–Kier alpha value is -2.17. The van der Waals surface area contributed by atoms with Gasteiger partial charge in [-0.3, -0.25) is 14.4 Å². The molecule has 2 amide bonds. The van der Waals surface area contributed by atoms with E-state index in [9.17, 15) is 14.4 Å². The maximum atomic E-state index is 12.8. The zero-order valence-corrected chi connectivity index (χ0v) is 13.6. The van der Waals surface area contributed by atoms with Gasteiger partial charge in [-0.2, -0.15) is 0 Å². The van der Waals surface area contributed by atoms with Crippen LogP contribution >= 0.6 is 0 Å². The van der Waals surface area contributed by atoms with Crippen molar-refractivity contribution in [1.29, 1.82) is 0 Å². The highest BCUT2D eigenvalue weighted by atomic mass is 16.2. The first-order valence-electron chi connectivity index (χ1n) is 8.18. The van der Waals surface area contributed by atoms with E-state index in [4.69, 9.17) is 0 Å². The molecule has 23 heavy (non-hydrogen) atoms. The third-order valence-corrected chi connectivity index (χ3v) is 4.92. The maximum absolute atomic E-state index is 12.8. The van der Waals surface area contributed by atoms with E-state index >= 15 is 0 Å². The molecule has 1 aromatic rings. The molecule has 122 valence electrons. The normalized spacial score (nSPS) is 23.9. The Kier molecular flexibility index (Phi) is 4.20. The van der Waals surface area contributed by atoms with Crippen molar-refractivity contribution >= 4 is 17.6 Å². The highest BCUT2D eigenvalue weighted by molar-refractivity contribution is 6.03. The van der Waals surface area contributed by atoms with Crippen LogP contribution in [0.3, 0.4) is 0 Å². The molecule has 2 atom stereocenters. The molecule has 0 bridgehead atoms. The van der Waals surface area contributed by atoms with Crippen molar-refractivity contribution in [3.05, 3.63) is 34.9 Å². The quantitative estimate of drug-likeness (QED) is 0.865. The number of hydrogen-bond acceptors (Lipinski definition) is 3. The van der Waals surface area contributed by atoms with Crippen molar-refractivity contribution in [1.82, 2.24) is 10.2 Å². The van der Waals surface area contributed by atoms with E-state index in [1.165, 1.54) is 0 Å². The summed E-state index contributed by atoms with van der Waals surface area (Å²) in [5.41, 5.74) is 2.89. The molecular weight excluding hydrogens is 292 g/mol. The Balaban J connectivity index is 1.78. The van der Waals surface area contributed by atoms with Crippen molar-refractivity contribution in [3.63, 3.8) is 0 Å². The van der Waals surface area contributed by atoms with E-state index in [1.54, 1.807) is 4.90 Å². The summed E-state index contributed by atoms with van der Waals surface area (Å²) in [4.78, 5) is 38.4. The van der Waals surface area contributed by atoms with Gasteiger partial charge in [0.05, 0.1) is 6.04 Å². The van der Waals surface area contributed by atoms with E-state index in [2.05, 4.69) is 5.32 Å². The van der Waals surface area contributed by atoms with Gasteiger partial charge < -0.3 is 10.2 Å². The van der Waals surface area contributed by atoms with Crippen LogP contribution in [-0.4, -0.2) is 41.1 Å². The molecule has 0 aromatic heterocycles. The van der Waals surface area contributed by atoms with Gasteiger partial charge in [-0.05, 0) is 50.3 Å². The summed E-state index contributed by atoms with van der Waals surface area (Å²) in [6, 6.07) is 4.82. The minimum atomic E-state index is -0.462. The number of hydrogen-bond donors (Lipinski definition) is 1. The molecule has 5 nitrogen and oxygen atoms in total. The van der Waals surface area contributed by atoms with E-state index < -0.39 is 12.1 Å². The topological polar surface area (TPSA) is 66.5 Å². The second-order valence-corrected chi connectivity index (χ2v) is 6.51. The first kappa shape index (κ1) is 15.7. The molecule has 2 aliphatic heterocycles. The summed E-state index contributed by atoms with van der Waals surface area (Å²) in [5, 5.41) is 2.70. The molecule has 2 heterocycles. The minimum Gasteiger partial charge on any atom is -0.344 e. The van der Waals surface area contributed by atoms with Crippen LogP contribution in [0, 0.1) is 13.8 Å². The summed E-state index contributed by atoms with van der Waals surface area (Å²) in [6.45, 7) is 4.59. The van der Waals surface area contributed by atoms with Gasteiger partial charge >= 0.3 is 0 Å². The van der Waals surface area contributed by atoms with Crippen LogP contribution < -0.4 is 5.32 Å². The summed E-state index contributed by atoms with van der Waals surface area (Å²) in [7, 11) is 0. The number of ketones is 1. The van der Waals surface area contributed by atoms with Crippen LogP contribution in [0.2, 0.25) is 0 Å². The predicted octanol–water partition coefficient (Wildman–Crippen LogP) is 1.76. The molecule has 0 radical (unpaired) electrons. The first-order chi connectivity index (χ1) is 11.0. The molecule has 0 saturated carbocycles. The van der Waals surface area contributed by atoms with E-state index in [1.807, 2.05) is 32.0 Å². The SMILES string of the molecule is Cc1ccc(C(=O)C2CCCN2C(=O)C2CCC(=O)N2)cc1C. The number of carbonyl (C=O) groups excluding carboxylic acids is 3. The smallest absolute Gasteiger partial charge is 0.245 e. The number of rotatable bonds is 3. The Morgan fingerprint density at radius 3 is 2.61 bits per heavy atom. The third kappa shape index (κ3) is 3.00. The lowest BCUT2D eigenvalue weighted by atomic mass is 9.98. The van der Waals surface area contributed by atoms with Crippen molar-refractivity contribution in [2.24, 2.45) is 0 Å². The Bertz CT molecular complexity index is 668. The fourth-order valence-corrected chi connectivity index (χ4v) is 3.39. The molecule has 2 aliphatic rings. The second kappa shape index (κ2) is 6.14. The zero-order valence-electron chi connectivity index (χ0n) is 13.6. The summed E-state index contributed by atoms with van der Waals surface area (Å²) in [6.07, 6.45) is 2.44. The van der Waals surface area contributed by atoms with Crippen molar-refractivity contribution in [2.75, 3.05) is 6.54 Å². The average Bonchev–Trinajstić information content (AvgIpc) is 3.17. The van der Waals surface area contributed by atoms with Crippen LogP contribution in [-0.2, 0) is 9.59 Å². The van der Waals surface area contributed by atoms with Gasteiger partial charge in [-0.25, -0.2) is 0 Å². The van der Waals surface area contributed by atoms with E-state index in [0.717, 1.165) is 17.5 Å². The summed E-state index contributed by atoms with van der Waals surface area (Å²) < 4.78 is 0. The standard InChI is InChI=1S/C18H22N2O3/c1-11-5-6-13(10-12(11)2)17(22)15-4-3-9-20(15)18(23)14-7-8-16(21)19-14/h5-6,10,14-15H,3-4,7-9H2,1-2H3,(H,19,21). The maximum Gasteiger partial charge on any atom is 0.245 e. The van der Waals surface area contributed by atoms with Crippen LogP contribution in [0.4, 0.5) is 0 Å². The molecule has 2 saturated heterocycles. The molecule has 0 aliphatic carbocycles. The van der Waals surface area contributed by atoms with Gasteiger partial charge in [0.2, 0.25) is 11.8 Å². The summed E-state index contributed by atoms with van der Waals surface area (Å²) in [5.74, 6) is -0.196. The number of amides is 2. The number of nitrogens with one attached hydrogen (secondary N) is 1. The monoisotopic (exact) mass is 314 g/mol. The van der Waals surface area contributed by atoms with Gasteiger partial charge in [0.25, 0.3) is 0 Å². The molecule has 1 aromatic carbocycles. The van der Waals surface area contributed by atoms with Crippen LogP contribution in [0.1, 0.15) is 47.2 Å². The van der Waals surface area contributed by atoms with Gasteiger partial charge in [-0.15, -0.1) is 0 Å². The number of nitrogens with zero attached hydrogens (tertiary/aromatic N) is 1. The van der Waals surface area contributed by atoms with Crippen molar-refractivity contribution in [2.45, 2.75) is 51.6 Å². The average molecular weight is 314 g/mol. The third-order valence-electron chi connectivity index (χ3n) is 4.92. The van der Waals surface area contributed by atoms with Gasteiger partial charge in [0, 0.05) is 18.5 Å². The molecule has 0 spiro atoms. The van der Waals surface area contributed by atoms with Gasteiger partial charge in [0.15, 0.2) is 5.78 Å². The lowest BCUT2D eigenvalue weighted by Crippen LogP contribution is -2.48. The molecule has 2 unspecified atom stereocenters. The van der Waals surface area contributed by atoms with E-state index in [0.29, 0.717) is 31.4 Å². The number of carbonyl (C=O) groups is 3. The van der Waals surface area contributed by atoms with Crippen LogP contribution in [0.15, 0.2) is 18.2 Å². The van der Waals surface area contributed by atoms with Crippen molar-refractivity contribution in [3.8, 4) is 0 Å². The second-order valence-electron chi connectivity index (χ2n) is 6.51. The van der Waals surface area contributed by atoms with Crippen molar-refractivity contribution < 1.29 is 14.4 Å². The molecule has 1 N–H and O–H groups in total. The fourth-order valence-electron chi connectivity index (χ4n) is 3.39. The zero-order chi connectivity index (χ0) is 16.6. The van der Waals surface area contributed by atoms with Gasteiger partial charge in [-0.1, -0.05) is 12.1 Å².